The molecule has 7 heteroatoms. The van der Waals surface area contributed by atoms with Gasteiger partial charge in [-0.05, 0) is 47.0 Å². The summed E-state index contributed by atoms with van der Waals surface area (Å²) in [6.07, 6.45) is 0.719. The minimum atomic E-state index is -0.678. The maximum Gasteiger partial charge on any atom is 0.295 e. The number of Topliss-reactive ketones (excluding diaryl/α,β-unsaturated/α-hetero) is 1. The summed E-state index contributed by atoms with van der Waals surface area (Å²) in [5.74, 6) is -0.775. The molecule has 3 aromatic rings. The van der Waals surface area contributed by atoms with E-state index in [1.807, 2.05) is 42.5 Å². The number of fused-ring (bicyclic) bond motifs is 1. The summed E-state index contributed by atoms with van der Waals surface area (Å²) in [7, 11) is 1.57. The van der Waals surface area contributed by atoms with Crippen LogP contribution in [0.25, 0.3) is 16.5 Å². The van der Waals surface area contributed by atoms with Crippen molar-refractivity contribution < 1.29 is 24.2 Å². The SMILES string of the molecule is COc1ccc(C(O)=C2C(=O)C(=O)N(CCCN3CCOCC3)[C@@H]2c2cccc3ccccc23)cc1. The fraction of sp³-hybridized carbons (Fsp3) is 0.310. The second kappa shape index (κ2) is 10.5. The first kappa shape index (κ1) is 24.0. The van der Waals surface area contributed by atoms with Crippen molar-refractivity contribution in [1.82, 2.24) is 9.80 Å². The normalized spacial score (nSPS) is 20.2. The van der Waals surface area contributed by atoms with Crippen LogP contribution in [0.15, 0.2) is 72.3 Å². The van der Waals surface area contributed by atoms with Crippen molar-refractivity contribution in [3.05, 3.63) is 83.4 Å². The monoisotopic (exact) mass is 486 g/mol. The van der Waals surface area contributed by atoms with Crippen LogP contribution in [0, 0.1) is 0 Å². The Balaban J connectivity index is 1.55. The van der Waals surface area contributed by atoms with Gasteiger partial charge in [-0.25, -0.2) is 0 Å². The number of aliphatic hydroxyl groups is 1. The van der Waals surface area contributed by atoms with Gasteiger partial charge in [-0.1, -0.05) is 42.5 Å². The Hall–Kier alpha value is -3.68. The zero-order chi connectivity index (χ0) is 25.1. The highest BCUT2D eigenvalue weighted by atomic mass is 16.5. The smallest absolute Gasteiger partial charge is 0.295 e. The van der Waals surface area contributed by atoms with Gasteiger partial charge in [0, 0.05) is 31.7 Å². The van der Waals surface area contributed by atoms with Crippen LogP contribution in [0.1, 0.15) is 23.6 Å². The van der Waals surface area contributed by atoms with E-state index in [9.17, 15) is 14.7 Å². The molecule has 0 unspecified atom stereocenters. The van der Waals surface area contributed by atoms with Crippen molar-refractivity contribution in [1.29, 1.82) is 0 Å². The number of morpholine rings is 1. The molecule has 1 amide bonds. The number of nitrogens with zero attached hydrogens (tertiary/aromatic N) is 2. The van der Waals surface area contributed by atoms with Gasteiger partial charge in [0.1, 0.15) is 11.5 Å². The van der Waals surface area contributed by atoms with Gasteiger partial charge in [0.15, 0.2) is 0 Å². The first-order chi connectivity index (χ1) is 17.6. The Kier molecular flexibility index (Phi) is 7.02. The molecule has 1 N–H and O–H groups in total. The van der Waals surface area contributed by atoms with Crippen molar-refractivity contribution in [2.24, 2.45) is 0 Å². The van der Waals surface area contributed by atoms with E-state index in [-0.39, 0.29) is 11.3 Å². The maximum atomic E-state index is 13.4. The molecule has 36 heavy (non-hydrogen) atoms. The number of benzene rings is 3. The molecule has 2 saturated heterocycles. The third-order valence-corrected chi connectivity index (χ3v) is 7.00. The summed E-state index contributed by atoms with van der Waals surface area (Å²) in [5, 5.41) is 13.3. The molecule has 3 aromatic carbocycles. The molecule has 0 saturated carbocycles. The number of ether oxygens (including phenoxy) is 2. The molecular formula is C29H30N2O5. The predicted octanol–water partition coefficient (Wildman–Crippen LogP) is 3.99. The molecule has 0 spiro atoms. The quantitative estimate of drug-likeness (QED) is 0.309. The highest BCUT2D eigenvalue weighted by Gasteiger charge is 2.46. The third kappa shape index (κ3) is 4.59. The van der Waals surface area contributed by atoms with Crippen LogP contribution in [-0.2, 0) is 14.3 Å². The molecule has 2 heterocycles. The number of rotatable bonds is 7. The molecule has 0 aliphatic carbocycles. The van der Waals surface area contributed by atoms with E-state index in [1.165, 1.54) is 0 Å². The largest absolute Gasteiger partial charge is 0.507 e. The number of hydrogen-bond acceptors (Lipinski definition) is 6. The van der Waals surface area contributed by atoms with E-state index in [4.69, 9.17) is 9.47 Å². The Labute approximate surface area is 210 Å². The van der Waals surface area contributed by atoms with E-state index in [0.29, 0.717) is 31.1 Å². The minimum absolute atomic E-state index is 0.118. The lowest BCUT2D eigenvalue weighted by atomic mass is 9.91. The fourth-order valence-electron chi connectivity index (χ4n) is 5.12. The van der Waals surface area contributed by atoms with Crippen molar-refractivity contribution in [3.63, 3.8) is 0 Å². The number of likely N-dealkylation sites (tertiary alicyclic amines) is 1. The minimum Gasteiger partial charge on any atom is -0.507 e. The number of carbonyl (C=O) groups is 2. The highest BCUT2D eigenvalue weighted by molar-refractivity contribution is 6.46. The summed E-state index contributed by atoms with van der Waals surface area (Å²) in [6, 6.07) is 19.9. The van der Waals surface area contributed by atoms with Crippen LogP contribution in [0.3, 0.4) is 0 Å². The highest BCUT2D eigenvalue weighted by Crippen LogP contribution is 2.42. The van der Waals surface area contributed by atoms with Crippen molar-refractivity contribution in [2.45, 2.75) is 12.5 Å². The topological polar surface area (TPSA) is 79.3 Å². The van der Waals surface area contributed by atoms with Crippen molar-refractivity contribution >= 4 is 28.2 Å². The summed E-state index contributed by atoms with van der Waals surface area (Å²) in [6.45, 7) is 4.37. The molecule has 2 aliphatic rings. The predicted molar refractivity (Wildman–Crippen MR) is 138 cm³/mol. The van der Waals surface area contributed by atoms with E-state index >= 15 is 0 Å². The molecule has 0 radical (unpaired) electrons. The fourth-order valence-corrected chi connectivity index (χ4v) is 5.12. The lowest BCUT2D eigenvalue weighted by Gasteiger charge is -2.29. The zero-order valence-electron chi connectivity index (χ0n) is 20.4. The molecule has 0 bridgehead atoms. The molecule has 2 aliphatic heterocycles. The molecule has 2 fully saturated rings. The van der Waals surface area contributed by atoms with Gasteiger partial charge in [-0.3, -0.25) is 14.5 Å². The number of carbonyl (C=O) groups excluding carboxylic acids is 2. The van der Waals surface area contributed by atoms with Crippen LogP contribution < -0.4 is 4.74 Å². The van der Waals surface area contributed by atoms with Crippen LogP contribution in [0.2, 0.25) is 0 Å². The van der Waals surface area contributed by atoms with E-state index in [2.05, 4.69) is 4.90 Å². The standard InChI is InChI=1S/C29H30N2O5/c1-35-22-12-10-21(11-13-22)27(32)25-26(24-9-4-7-20-6-2-3-8-23(20)24)31(29(34)28(25)33)15-5-14-30-16-18-36-19-17-30/h2-4,6-13,26,32H,5,14-19H2,1H3/t26-/m1/s1. The number of hydrogen-bond donors (Lipinski definition) is 1. The average molecular weight is 487 g/mol. The molecular weight excluding hydrogens is 456 g/mol. The third-order valence-electron chi connectivity index (χ3n) is 7.00. The number of ketones is 1. The van der Waals surface area contributed by atoms with Gasteiger partial charge in [0.2, 0.25) is 0 Å². The van der Waals surface area contributed by atoms with Gasteiger partial charge in [0.05, 0.1) is 31.9 Å². The first-order valence-corrected chi connectivity index (χ1v) is 12.3. The van der Waals surface area contributed by atoms with Gasteiger partial charge in [-0.15, -0.1) is 0 Å². The lowest BCUT2D eigenvalue weighted by molar-refractivity contribution is -0.140. The van der Waals surface area contributed by atoms with Crippen LogP contribution in [0.5, 0.6) is 5.75 Å². The van der Waals surface area contributed by atoms with Gasteiger partial charge >= 0.3 is 0 Å². The molecule has 186 valence electrons. The lowest BCUT2D eigenvalue weighted by Crippen LogP contribution is -2.39. The summed E-state index contributed by atoms with van der Waals surface area (Å²) >= 11 is 0. The first-order valence-electron chi connectivity index (χ1n) is 12.3. The maximum absolute atomic E-state index is 13.4. The second-order valence-corrected chi connectivity index (χ2v) is 9.10. The van der Waals surface area contributed by atoms with E-state index in [1.54, 1.807) is 36.3 Å². The average Bonchev–Trinajstić information content (AvgIpc) is 3.18. The Morgan fingerprint density at radius 1 is 0.972 bits per heavy atom. The van der Waals surface area contributed by atoms with E-state index in [0.717, 1.165) is 42.4 Å². The number of amides is 1. The van der Waals surface area contributed by atoms with Crippen molar-refractivity contribution in [2.75, 3.05) is 46.5 Å². The summed E-state index contributed by atoms with van der Waals surface area (Å²) in [4.78, 5) is 30.6. The van der Waals surface area contributed by atoms with E-state index < -0.39 is 17.7 Å². The number of methoxy groups -OCH3 is 1. The molecule has 7 nitrogen and oxygen atoms in total. The summed E-state index contributed by atoms with van der Waals surface area (Å²) in [5.41, 5.74) is 1.41. The van der Waals surface area contributed by atoms with Crippen LogP contribution in [0.4, 0.5) is 0 Å². The van der Waals surface area contributed by atoms with Crippen LogP contribution >= 0.6 is 0 Å². The van der Waals surface area contributed by atoms with Gasteiger partial charge in [-0.2, -0.15) is 0 Å². The Bertz CT molecular complexity index is 1290. The van der Waals surface area contributed by atoms with Gasteiger partial charge in [0.25, 0.3) is 11.7 Å². The summed E-state index contributed by atoms with van der Waals surface area (Å²) < 4.78 is 10.7. The molecule has 0 aromatic heterocycles. The Morgan fingerprint density at radius 3 is 2.44 bits per heavy atom. The molecule has 5 rings (SSSR count). The Morgan fingerprint density at radius 2 is 1.69 bits per heavy atom. The van der Waals surface area contributed by atoms with Crippen molar-refractivity contribution in [3.8, 4) is 5.75 Å². The second-order valence-electron chi connectivity index (χ2n) is 9.10. The molecule has 1 atom stereocenters. The number of aliphatic hydroxyl groups excluding tert-OH is 1. The van der Waals surface area contributed by atoms with Gasteiger partial charge < -0.3 is 19.5 Å². The zero-order valence-corrected chi connectivity index (χ0v) is 20.4. The van der Waals surface area contributed by atoms with Crippen LogP contribution in [-0.4, -0.2) is 73.1 Å².